The van der Waals surface area contributed by atoms with Crippen molar-refractivity contribution in [2.24, 2.45) is 10.8 Å². The first-order valence-corrected chi connectivity index (χ1v) is 9.81. The van der Waals surface area contributed by atoms with Gasteiger partial charge in [0, 0.05) is 37.8 Å². The molecule has 0 radical (unpaired) electrons. The second kappa shape index (κ2) is 6.35. The van der Waals surface area contributed by atoms with Gasteiger partial charge < -0.3 is 10.1 Å². The molecule has 1 spiro atoms. The molecule has 1 aliphatic carbocycles. The van der Waals surface area contributed by atoms with Crippen molar-refractivity contribution >= 4 is 17.2 Å². The fraction of sp³-hybridized carbons (Fsp3) is 0.824. The molecule has 7 heteroatoms. The van der Waals surface area contributed by atoms with E-state index in [9.17, 15) is 4.79 Å². The van der Waals surface area contributed by atoms with Crippen molar-refractivity contribution in [3.8, 4) is 0 Å². The lowest BCUT2D eigenvalue weighted by Crippen LogP contribution is -2.56. The van der Waals surface area contributed by atoms with Crippen molar-refractivity contribution < 1.29 is 9.53 Å². The topological polar surface area (TPSA) is 67.4 Å². The Kier molecular flexibility index (Phi) is 4.34. The van der Waals surface area contributed by atoms with Gasteiger partial charge in [0.15, 0.2) is 0 Å². The predicted octanol–water partition coefficient (Wildman–Crippen LogP) is 1.83. The second-order valence-corrected chi connectivity index (χ2v) is 8.97. The lowest BCUT2D eigenvalue weighted by Gasteiger charge is -2.48. The van der Waals surface area contributed by atoms with Crippen molar-refractivity contribution in [3.05, 3.63) is 10.5 Å². The summed E-state index contributed by atoms with van der Waals surface area (Å²) in [7, 11) is 0. The maximum Gasteiger partial charge on any atom is 0.226 e. The summed E-state index contributed by atoms with van der Waals surface area (Å²) in [6, 6.07) is 0.231. The number of hydrogen-bond donors (Lipinski definition) is 1. The van der Waals surface area contributed by atoms with Crippen LogP contribution < -0.4 is 5.32 Å². The van der Waals surface area contributed by atoms with E-state index in [1.807, 2.05) is 0 Å². The summed E-state index contributed by atoms with van der Waals surface area (Å²) >= 11 is 1.61. The van der Waals surface area contributed by atoms with Gasteiger partial charge in [-0.2, -0.15) is 0 Å². The van der Waals surface area contributed by atoms with Gasteiger partial charge in [-0.05, 0) is 37.5 Å². The van der Waals surface area contributed by atoms with E-state index in [-0.39, 0.29) is 22.8 Å². The molecule has 1 amide bonds. The Morgan fingerprint density at radius 3 is 2.88 bits per heavy atom. The van der Waals surface area contributed by atoms with Gasteiger partial charge in [0.05, 0.1) is 6.54 Å². The maximum absolute atomic E-state index is 12.5. The molecule has 6 nitrogen and oxygen atoms in total. The smallest absolute Gasteiger partial charge is 0.226 e. The van der Waals surface area contributed by atoms with E-state index >= 15 is 0 Å². The predicted molar refractivity (Wildman–Crippen MR) is 91.6 cm³/mol. The van der Waals surface area contributed by atoms with Crippen LogP contribution in [0.4, 0.5) is 0 Å². The first kappa shape index (κ1) is 16.4. The molecule has 24 heavy (non-hydrogen) atoms. The van der Waals surface area contributed by atoms with Gasteiger partial charge in [-0.25, -0.2) is 0 Å². The van der Waals surface area contributed by atoms with Crippen LogP contribution in [0.25, 0.3) is 0 Å². The van der Waals surface area contributed by atoms with E-state index in [0.717, 1.165) is 70.0 Å². The zero-order valence-electron chi connectivity index (χ0n) is 14.3. The minimum absolute atomic E-state index is 0.107. The van der Waals surface area contributed by atoms with E-state index < -0.39 is 0 Å². The number of nitrogens with one attached hydrogen (secondary N) is 1. The normalized spacial score (nSPS) is 28.6. The van der Waals surface area contributed by atoms with Crippen molar-refractivity contribution in [1.29, 1.82) is 0 Å². The van der Waals surface area contributed by atoms with Crippen molar-refractivity contribution in [1.82, 2.24) is 20.4 Å². The summed E-state index contributed by atoms with van der Waals surface area (Å²) in [6.07, 6.45) is 5.30. The molecule has 4 rings (SSSR count). The number of likely N-dealkylation sites (tertiary alicyclic amines) is 1. The quantitative estimate of drug-likeness (QED) is 0.897. The Labute approximate surface area is 147 Å². The first-order chi connectivity index (χ1) is 11.6. The molecule has 0 bridgehead atoms. The molecule has 2 saturated heterocycles. The van der Waals surface area contributed by atoms with E-state index in [0.29, 0.717) is 0 Å². The Balaban J connectivity index is 1.47. The summed E-state index contributed by atoms with van der Waals surface area (Å²) < 4.78 is 5.59. The second-order valence-electron chi connectivity index (χ2n) is 8.05. The summed E-state index contributed by atoms with van der Waals surface area (Å²) in [5, 5.41) is 12.5. The summed E-state index contributed by atoms with van der Waals surface area (Å²) in [4.78, 5) is 15.0. The van der Waals surface area contributed by atoms with Gasteiger partial charge in [0.25, 0.3) is 0 Å². The first-order valence-electron chi connectivity index (χ1n) is 8.93. The third-order valence-electron chi connectivity index (χ3n) is 5.92. The van der Waals surface area contributed by atoms with Crippen LogP contribution in [-0.2, 0) is 16.1 Å². The molecular weight excluding hydrogens is 324 g/mol. The average molecular weight is 350 g/mol. The molecule has 1 aromatic rings. The molecule has 0 aromatic carbocycles. The molecule has 1 unspecified atom stereocenters. The molecule has 1 aromatic heterocycles. The van der Waals surface area contributed by atoms with Gasteiger partial charge in [0.1, 0.15) is 10.5 Å². The van der Waals surface area contributed by atoms with Crippen LogP contribution in [0.5, 0.6) is 0 Å². The number of carbonyl (C=O) groups excluding carboxylic acids is 1. The highest BCUT2D eigenvalue weighted by Gasteiger charge is 2.47. The van der Waals surface area contributed by atoms with E-state index in [1.165, 1.54) is 0 Å². The number of aromatic nitrogens is 2. The van der Waals surface area contributed by atoms with E-state index in [2.05, 4.69) is 27.3 Å². The molecule has 132 valence electrons. The Morgan fingerprint density at radius 2 is 2.21 bits per heavy atom. The number of nitrogens with zero attached hydrogens (tertiary/aromatic N) is 3. The number of ether oxygens (including phenoxy) is 1. The SMILES string of the molecule is CC1(C(=O)NC2CN(Cc3nncs3)CC3(CCOCC3)C2)CC1. The molecule has 3 fully saturated rings. The Bertz CT molecular complexity index is 581. The standard InChI is InChI=1S/C17H26N4O2S/c1-16(2-3-16)15(22)19-13-8-17(4-6-23-7-5-17)11-21(9-13)10-14-20-18-12-24-14/h12-13H,2-11H2,1H3,(H,19,22). The maximum atomic E-state index is 12.5. The zero-order valence-corrected chi connectivity index (χ0v) is 15.1. The van der Waals surface area contributed by atoms with Crippen LogP contribution >= 0.6 is 11.3 Å². The van der Waals surface area contributed by atoms with Gasteiger partial charge in [-0.15, -0.1) is 21.5 Å². The van der Waals surface area contributed by atoms with Crippen LogP contribution in [0.3, 0.4) is 0 Å². The van der Waals surface area contributed by atoms with Crippen LogP contribution in [-0.4, -0.2) is 53.3 Å². The average Bonchev–Trinajstić information content (AvgIpc) is 3.10. The lowest BCUT2D eigenvalue weighted by molar-refractivity contribution is -0.127. The summed E-state index contributed by atoms with van der Waals surface area (Å²) in [5.74, 6) is 0.243. The molecule has 1 saturated carbocycles. The van der Waals surface area contributed by atoms with Gasteiger partial charge >= 0.3 is 0 Å². The summed E-state index contributed by atoms with van der Waals surface area (Å²) in [6.45, 7) is 6.56. The van der Waals surface area contributed by atoms with Gasteiger partial charge in [-0.3, -0.25) is 9.69 Å². The Hall–Kier alpha value is -1.05. The number of rotatable bonds is 4. The summed E-state index contributed by atoms with van der Waals surface area (Å²) in [5.41, 5.74) is 1.95. The number of carbonyl (C=O) groups is 1. The van der Waals surface area contributed by atoms with Crippen LogP contribution in [0.15, 0.2) is 5.51 Å². The minimum atomic E-state index is -0.107. The molecule has 1 N–H and O–H groups in total. The van der Waals surface area contributed by atoms with Gasteiger partial charge in [0.2, 0.25) is 5.91 Å². The highest BCUT2D eigenvalue weighted by molar-refractivity contribution is 7.09. The fourth-order valence-corrected chi connectivity index (χ4v) is 4.68. The van der Waals surface area contributed by atoms with Gasteiger partial charge in [-0.1, -0.05) is 6.92 Å². The Morgan fingerprint density at radius 1 is 1.42 bits per heavy atom. The molecular formula is C17H26N4O2S. The molecule has 3 heterocycles. The van der Waals surface area contributed by atoms with Crippen LogP contribution in [0, 0.1) is 10.8 Å². The molecule has 3 aliphatic rings. The zero-order chi connectivity index (χ0) is 16.6. The van der Waals surface area contributed by atoms with E-state index in [1.54, 1.807) is 16.8 Å². The highest BCUT2D eigenvalue weighted by atomic mass is 32.1. The monoisotopic (exact) mass is 350 g/mol. The van der Waals surface area contributed by atoms with Crippen molar-refractivity contribution in [3.63, 3.8) is 0 Å². The number of amides is 1. The highest BCUT2D eigenvalue weighted by Crippen LogP contribution is 2.46. The van der Waals surface area contributed by atoms with Crippen LogP contribution in [0.2, 0.25) is 0 Å². The molecule has 1 atom stereocenters. The van der Waals surface area contributed by atoms with Crippen molar-refractivity contribution in [2.75, 3.05) is 26.3 Å². The van der Waals surface area contributed by atoms with Crippen molar-refractivity contribution in [2.45, 2.75) is 51.6 Å². The largest absolute Gasteiger partial charge is 0.381 e. The number of hydrogen-bond acceptors (Lipinski definition) is 6. The molecule has 2 aliphatic heterocycles. The lowest BCUT2D eigenvalue weighted by atomic mass is 9.72. The third kappa shape index (κ3) is 3.48. The van der Waals surface area contributed by atoms with E-state index in [4.69, 9.17) is 4.74 Å². The van der Waals surface area contributed by atoms with Crippen LogP contribution in [0.1, 0.15) is 44.0 Å². The number of piperidine rings is 1. The minimum Gasteiger partial charge on any atom is -0.381 e. The fourth-order valence-electron chi connectivity index (χ4n) is 4.12. The third-order valence-corrected chi connectivity index (χ3v) is 6.60.